The van der Waals surface area contributed by atoms with Crippen LogP contribution in [0.3, 0.4) is 0 Å². The molecular formula is C16H20N4. The molecule has 4 heteroatoms. The second kappa shape index (κ2) is 6.42. The van der Waals surface area contributed by atoms with Crippen LogP contribution in [-0.2, 0) is 13.0 Å². The van der Waals surface area contributed by atoms with Gasteiger partial charge in [-0.15, -0.1) is 0 Å². The lowest BCUT2D eigenvalue weighted by Crippen LogP contribution is -2.40. The fourth-order valence-corrected chi connectivity index (χ4v) is 2.65. The van der Waals surface area contributed by atoms with Gasteiger partial charge in [-0.3, -0.25) is 4.90 Å². The Balaban J connectivity index is 2.25. The van der Waals surface area contributed by atoms with E-state index >= 15 is 0 Å². The van der Waals surface area contributed by atoms with Crippen LogP contribution in [0.4, 0.5) is 0 Å². The lowest BCUT2D eigenvalue weighted by molar-refractivity contribution is 0.221. The first-order valence-electron chi connectivity index (χ1n) is 6.79. The van der Waals surface area contributed by atoms with Crippen molar-refractivity contribution in [1.29, 1.82) is 0 Å². The van der Waals surface area contributed by atoms with Crippen LogP contribution in [0.15, 0.2) is 53.3 Å². The van der Waals surface area contributed by atoms with Crippen LogP contribution in [0.5, 0.6) is 0 Å². The van der Waals surface area contributed by atoms with Gasteiger partial charge in [0.05, 0.1) is 0 Å². The van der Waals surface area contributed by atoms with Gasteiger partial charge in [0.2, 0.25) is 0 Å². The van der Waals surface area contributed by atoms with Crippen molar-refractivity contribution < 1.29 is 0 Å². The van der Waals surface area contributed by atoms with E-state index in [0.717, 1.165) is 13.0 Å². The number of nitrogens with zero attached hydrogens (tertiary/aromatic N) is 4. The molecule has 0 saturated carbocycles. The van der Waals surface area contributed by atoms with Gasteiger partial charge in [0, 0.05) is 29.7 Å². The summed E-state index contributed by atoms with van der Waals surface area (Å²) >= 11 is 0. The van der Waals surface area contributed by atoms with Gasteiger partial charge in [-0.25, -0.2) is 0 Å². The molecular weight excluding hydrogens is 248 g/mol. The molecule has 0 amide bonds. The lowest BCUT2D eigenvalue weighted by Gasteiger charge is -2.35. The molecule has 0 aliphatic carbocycles. The molecule has 1 unspecified atom stereocenters. The first kappa shape index (κ1) is 14.4. The maximum atomic E-state index is 8.50. The topological polar surface area (TPSA) is 52.0 Å². The molecule has 104 valence electrons. The maximum Gasteiger partial charge on any atom is 0.0328 e. The summed E-state index contributed by atoms with van der Waals surface area (Å²) in [6.45, 7) is 9.52. The molecule has 0 saturated heterocycles. The summed E-state index contributed by atoms with van der Waals surface area (Å²) in [5.74, 6) is 0. The molecule has 1 aromatic carbocycles. The quantitative estimate of drug-likeness (QED) is 0.349. The van der Waals surface area contributed by atoms with Crippen molar-refractivity contribution in [3.63, 3.8) is 0 Å². The third-order valence-electron chi connectivity index (χ3n) is 3.49. The zero-order valence-corrected chi connectivity index (χ0v) is 12.1. The fraction of sp³-hybridized carbons (Fsp3) is 0.375. The van der Waals surface area contributed by atoms with Gasteiger partial charge in [0.1, 0.15) is 0 Å². The Labute approximate surface area is 120 Å². The van der Waals surface area contributed by atoms with Crippen molar-refractivity contribution in [3.05, 3.63) is 69.8 Å². The van der Waals surface area contributed by atoms with Gasteiger partial charge in [-0.05, 0) is 36.9 Å². The van der Waals surface area contributed by atoms with Crippen molar-refractivity contribution in [2.75, 3.05) is 6.54 Å². The highest BCUT2D eigenvalue weighted by Crippen LogP contribution is 2.25. The van der Waals surface area contributed by atoms with Crippen molar-refractivity contribution >= 4 is 0 Å². The second-order valence-corrected chi connectivity index (χ2v) is 5.44. The molecule has 0 spiro atoms. The minimum Gasteiger partial charge on any atom is -0.288 e. The molecule has 0 N–H and O–H groups in total. The summed E-state index contributed by atoms with van der Waals surface area (Å²) < 4.78 is 0. The van der Waals surface area contributed by atoms with E-state index in [0.29, 0.717) is 18.3 Å². The van der Waals surface area contributed by atoms with E-state index < -0.39 is 0 Å². The number of fused-ring (bicyclic) bond motifs is 1. The van der Waals surface area contributed by atoms with Crippen molar-refractivity contribution in [3.8, 4) is 0 Å². The van der Waals surface area contributed by atoms with Crippen molar-refractivity contribution in [2.24, 2.45) is 5.11 Å². The van der Waals surface area contributed by atoms with E-state index in [1.165, 1.54) is 16.7 Å². The van der Waals surface area contributed by atoms with Crippen LogP contribution in [0, 0.1) is 0 Å². The standard InChI is InChI=1S/C16H20N4/c1-12(2)8-16-9-14-6-4-5-7-15(14)11-20(16)10-13(3)18-19-17/h4-8,16H,3,9-11H2,1-2H3. The van der Waals surface area contributed by atoms with Crippen LogP contribution in [0.2, 0.25) is 0 Å². The van der Waals surface area contributed by atoms with E-state index in [2.05, 4.69) is 65.7 Å². The van der Waals surface area contributed by atoms with Gasteiger partial charge in [-0.2, -0.15) is 0 Å². The molecule has 0 bridgehead atoms. The first-order valence-corrected chi connectivity index (χ1v) is 6.79. The van der Waals surface area contributed by atoms with Crippen LogP contribution < -0.4 is 0 Å². The summed E-state index contributed by atoms with van der Waals surface area (Å²) in [7, 11) is 0. The van der Waals surface area contributed by atoms with Gasteiger partial charge < -0.3 is 0 Å². The van der Waals surface area contributed by atoms with Crippen LogP contribution >= 0.6 is 0 Å². The number of benzene rings is 1. The SMILES string of the molecule is C=C(CN1Cc2ccccc2CC1C=C(C)C)N=[N+]=[N-]. The Bertz CT molecular complexity index is 578. The number of azide groups is 1. The smallest absolute Gasteiger partial charge is 0.0328 e. The average molecular weight is 268 g/mol. The molecule has 1 aromatic rings. The minimum atomic E-state index is 0.334. The Morgan fingerprint density at radius 3 is 2.80 bits per heavy atom. The molecule has 1 atom stereocenters. The monoisotopic (exact) mass is 268 g/mol. The zero-order chi connectivity index (χ0) is 14.5. The Kier molecular flexibility index (Phi) is 4.61. The Morgan fingerprint density at radius 1 is 1.45 bits per heavy atom. The molecule has 1 aliphatic heterocycles. The molecule has 20 heavy (non-hydrogen) atoms. The molecule has 0 fully saturated rings. The van der Waals surface area contributed by atoms with Crippen LogP contribution in [-0.4, -0.2) is 17.5 Å². The summed E-state index contributed by atoms with van der Waals surface area (Å²) in [5, 5.41) is 3.61. The molecule has 1 heterocycles. The van der Waals surface area contributed by atoms with Gasteiger partial charge in [0.15, 0.2) is 0 Å². The largest absolute Gasteiger partial charge is 0.288 e. The van der Waals surface area contributed by atoms with E-state index in [4.69, 9.17) is 5.53 Å². The normalized spacial score (nSPS) is 17.8. The van der Waals surface area contributed by atoms with Gasteiger partial charge in [0.25, 0.3) is 0 Å². The van der Waals surface area contributed by atoms with Crippen LogP contribution in [0.1, 0.15) is 25.0 Å². The van der Waals surface area contributed by atoms with E-state index in [1.54, 1.807) is 0 Å². The summed E-state index contributed by atoms with van der Waals surface area (Å²) in [6.07, 6.45) is 3.27. The van der Waals surface area contributed by atoms with E-state index in [9.17, 15) is 0 Å². The third-order valence-corrected chi connectivity index (χ3v) is 3.49. The predicted molar refractivity (Wildman–Crippen MR) is 82.1 cm³/mol. The molecule has 2 rings (SSSR count). The minimum absolute atomic E-state index is 0.334. The van der Waals surface area contributed by atoms with E-state index in [-0.39, 0.29) is 0 Å². The molecule has 0 aromatic heterocycles. The summed E-state index contributed by atoms with van der Waals surface area (Å²) in [5.41, 5.74) is 13.1. The molecule has 4 nitrogen and oxygen atoms in total. The summed E-state index contributed by atoms with van der Waals surface area (Å²) in [4.78, 5) is 5.13. The van der Waals surface area contributed by atoms with Crippen LogP contribution in [0.25, 0.3) is 10.4 Å². The van der Waals surface area contributed by atoms with Crippen molar-refractivity contribution in [1.82, 2.24) is 4.90 Å². The number of rotatable bonds is 4. The summed E-state index contributed by atoms with van der Waals surface area (Å²) in [6, 6.07) is 8.85. The Morgan fingerprint density at radius 2 is 2.15 bits per heavy atom. The predicted octanol–water partition coefficient (Wildman–Crippen LogP) is 4.20. The first-order chi connectivity index (χ1) is 9.60. The second-order valence-electron chi connectivity index (χ2n) is 5.44. The Hall–Kier alpha value is -2.03. The highest BCUT2D eigenvalue weighted by Gasteiger charge is 2.24. The third kappa shape index (κ3) is 3.50. The molecule has 1 aliphatic rings. The highest BCUT2D eigenvalue weighted by atomic mass is 15.2. The average Bonchev–Trinajstić information content (AvgIpc) is 2.39. The number of hydrogen-bond donors (Lipinski definition) is 0. The number of allylic oxidation sites excluding steroid dienone is 1. The van der Waals surface area contributed by atoms with E-state index in [1.807, 2.05) is 0 Å². The van der Waals surface area contributed by atoms with Gasteiger partial charge in [-0.1, -0.05) is 47.6 Å². The fourth-order valence-electron chi connectivity index (χ4n) is 2.65. The highest BCUT2D eigenvalue weighted by molar-refractivity contribution is 5.32. The maximum absolute atomic E-state index is 8.50. The lowest BCUT2D eigenvalue weighted by atomic mass is 9.93. The van der Waals surface area contributed by atoms with Gasteiger partial charge >= 0.3 is 0 Å². The zero-order valence-electron chi connectivity index (χ0n) is 12.1. The van der Waals surface area contributed by atoms with Crippen molar-refractivity contribution in [2.45, 2.75) is 32.9 Å². The molecule has 0 radical (unpaired) electrons. The number of hydrogen-bond acceptors (Lipinski definition) is 2.